The summed E-state index contributed by atoms with van der Waals surface area (Å²) in [6, 6.07) is 3.76. The molecule has 0 spiro atoms. The zero-order valence-corrected chi connectivity index (χ0v) is 14.0. The van der Waals surface area contributed by atoms with Crippen LogP contribution >= 0.6 is 0 Å². The molecular formula is C15H11F6N5O2. The lowest BCUT2D eigenvalue weighted by atomic mass is 10.2. The topological polar surface area (TPSA) is 74.4 Å². The number of nitrogens with zero attached hydrogens (tertiary/aromatic N) is 5. The Morgan fingerprint density at radius 3 is 2.57 bits per heavy atom. The summed E-state index contributed by atoms with van der Waals surface area (Å²) >= 11 is 0. The maximum Gasteiger partial charge on any atom is 0.425 e. The van der Waals surface area contributed by atoms with Crippen LogP contribution in [-0.2, 0) is 11.3 Å². The van der Waals surface area contributed by atoms with Gasteiger partial charge in [0.25, 0.3) is 5.88 Å². The van der Waals surface area contributed by atoms with Crippen LogP contribution in [0.2, 0.25) is 0 Å². The molecule has 3 aromatic rings. The average molecular weight is 407 g/mol. The smallest absolute Gasteiger partial charge is 0.425 e. The van der Waals surface area contributed by atoms with Gasteiger partial charge in [0.1, 0.15) is 6.61 Å². The van der Waals surface area contributed by atoms with Crippen LogP contribution in [0.3, 0.4) is 0 Å². The normalized spacial score (nSPS) is 13.3. The van der Waals surface area contributed by atoms with Gasteiger partial charge in [-0.15, -0.1) is 10.2 Å². The van der Waals surface area contributed by atoms with Gasteiger partial charge in [-0.3, -0.25) is 0 Å². The fourth-order valence-electron chi connectivity index (χ4n) is 2.10. The van der Waals surface area contributed by atoms with Gasteiger partial charge in [0.15, 0.2) is 23.4 Å². The Kier molecular flexibility index (Phi) is 5.36. The van der Waals surface area contributed by atoms with E-state index >= 15 is 0 Å². The molecule has 0 amide bonds. The van der Waals surface area contributed by atoms with Crippen LogP contribution in [0.1, 0.15) is 12.7 Å². The summed E-state index contributed by atoms with van der Waals surface area (Å²) in [5.41, 5.74) is 0.484. The lowest BCUT2D eigenvalue weighted by molar-refractivity contribution is -0.190. The van der Waals surface area contributed by atoms with E-state index in [1.54, 1.807) is 0 Å². The largest absolute Gasteiger partial charge is 0.463 e. The predicted octanol–water partition coefficient (Wildman–Crippen LogP) is 3.39. The molecule has 28 heavy (non-hydrogen) atoms. The van der Waals surface area contributed by atoms with E-state index in [4.69, 9.17) is 0 Å². The van der Waals surface area contributed by atoms with Crippen molar-refractivity contribution in [3.63, 3.8) is 0 Å². The Hall–Kier alpha value is -2.96. The highest BCUT2D eigenvalue weighted by atomic mass is 19.4. The summed E-state index contributed by atoms with van der Waals surface area (Å²) in [5.74, 6) is -1.96. The van der Waals surface area contributed by atoms with Crippen molar-refractivity contribution in [3.8, 4) is 17.1 Å². The van der Waals surface area contributed by atoms with Gasteiger partial charge in [-0.25, -0.2) is 9.37 Å². The molecule has 3 heterocycles. The van der Waals surface area contributed by atoms with Crippen LogP contribution in [0.4, 0.5) is 26.3 Å². The predicted molar refractivity (Wildman–Crippen MR) is 80.9 cm³/mol. The number of hydrogen-bond acceptors (Lipinski definition) is 6. The summed E-state index contributed by atoms with van der Waals surface area (Å²) < 4.78 is 85.8. The van der Waals surface area contributed by atoms with E-state index in [2.05, 4.69) is 29.8 Å². The second-order valence-electron chi connectivity index (χ2n) is 5.49. The molecule has 150 valence electrons. The first-order chi connectivity index (χ1) is 13.1. The molecule has 0 aliphatic heterocycles. The second-order valence-corrected chi connectivity index (χ2v) is 5.49. The maximum atomic E-state index is 14.1. The van der Waals surface area contributed by atoms with Crippen LogP contribution in [0, 0.1) is 5.82 Å². The van der Waals surface area contributed by atoms with Crippen LogP contribution in [0.15, 0.2) is 24.4 Å². The molecule has 3 aromatic heterocycles. The van der Waals surface area contributed by atoms with Gasteiger partial charge >= 0.3 is 12.8 Å². The van der Waals surface area contributed by atoms with E-state index in [-0.39, 0.29) is 22.7 Å². The lowest BCUT2D eigenvalue weighted by Crippen LogP contribution is -2.31. The Labute approximate surface area is 152 Å². The van der Waals surface area contributed by atoms with Crippen LogP contribution in [-0.4, -0.2) is 43.7 Å². The molecular weight excluding hydrogens is 396 g/mol. The van der Waals surface area contributed by atoms with Gasteiger partial charge in [-0.05, 0) is 25.1 Å². The first-order valence-electron chi connectivity index (χ1n) is 7.65. The van der Waals surface area contributed by atoms with Gasteiger partial charge < -0.3 is 9.47 Å². The van der Waals surface area contributed by atoms with Crippen molar-refractivity contribution < 1.29 is 35.8 Å². The van der Waals surface area contributed by atoms with Gasteiger partial charge in [0.2, 0.25) is 0 Å². The molecule has 0 aliphatic carbocycles. The van der Waals surface area contributed by atoms with Gasteiger partial charge in [-0.2, -0.15) is 31.6 Å². The fourth-order valence-corrected chi connectivity index (χ4v) is 2.10. The van der Waals surface area contributed by atoms with Crippen molar-refractivity contribution in [1.29, 1.82) is 0 Å². The van der Waals surface area contributed by atoms with E-state index in [9.17, 15) is 26.3 Å². The monoisotopic (exact) mass is 407 g/mol. The highest BCUT2D eigenvalue weighted by Gasteiger charge is 2.38. The van der Waals surface area contributed by atoms with Crippen molar-refractivity contribution in [2.75, 3.05) is 0 Å². The average Bonchev–Trinajstić information content (AvgIpc) is 3.03. The van der Waals surface area contributed by atoms with E-state index in [0.29, 0.717) is 0 Å². The fraction of sp³-hybridized carbons (Fsp3) is 0.333. The number of aromatic nitrogens is 5. The summed E-state index contributed by atoms with van der Waals surface area (Å²) in [6.45, 7) is -2.86. The molecule has 0 unspecified atom stereocenters. The van der Waals surface area contributed by atoms with Gasteiger partial charge in [0, 0.05) is 11.8 Å². The second kappa shape index (κ2) is 7.58. The third-order valence-corrected chi connectivity index (χ3v) is 3.52. The molecule has 0 radical (unpaired) electrons. The third-order valence-electron chi connectivity index (χ3n) is 3.52. The zero-order valence-electron chi connectivity index (χ0n) is 14.0. The summed E-state index contributed by atoms with van der Waals surface area (Å²) in [7, 11) is 0. The number of fused-ring (bicyclic) bond motifs is 1. The lowest BCUT2D eigenvalue weighted by Gasteiger charge is -2.17. The first-order valence-corrected chi connectivity index (χ1v) is 7.65. The van der Waals surface area contributed by atoms with Crippen LogP contribution < -0.4 is 4.74 Å². The molecule has 0 saturated heterocycles. The summed E-state index contributed by atoms with van der Waals surface area (Å²) in [6.07, 6.45) is -5.86. The first kappa shape index (κ1) is 19.8. The van der Waals surface area contributed by atoms with E-state index in [1.165, 1.54) is 12.1 Å². The van der Waals surface area contributed by atoms with E-state index in [0.717, 1.165) is 23.7 Å². The maximum absolute atomic E-state index is 14.1. The Morgan fingerprint density at radius 1 is 1.18 bits per heavy atom. The minimum absolute atomic E-state index is 0.0236. The Bertz CT molecular complexity index is 977. The Morgan fingerprint density at radius 2 is 1.93 bits per heavy atom. The quantitative estimate of drug-likeness (QED) is 0.584. The molecule has 0 bridgehead atoms. The van der Waals surface area contributed by atoms with Crippen molar-refractivity contribution >= 4 is 5.65 Å². The van der Waals surface area contributed by atoms with Crippen molar-refractivity contribution in [2.45, 2.75) is 32.4 Å². The number of alkyl halides is 5. The van der Waals surface area contributed by atoms with Crippen LogP contribution in [0.25, 0.3) is 16.9 Å². The van der Waals surface area contributed by atoms with E-state index < -0.39 is 37.2 Å². The third kappa shape index (κ3) is 4.30. The van der Waals surface area contributed by atoms with Crippen LogP contribution in [0.5, 0.6) is 5.88 Å². The summed E-state index contributed by atoms with van der Waals surface area (Å²) in [4.78, 5) is 3.56. The Balaban J connectivity index is 1.88. The number of rotatable bonds is 6. The van der Waals surface area contributed by atoms with Crippen molar-refractivity contribution in [3.05, 3.63) is 36.0 Å². The van der Waals surface area contributed by atoms with E-state index in [1.807, 2.05) is 0 Å². The van der Waals surface area contributed by atoms with Crippen molar-refractivity contribution in [1.82, 2.24) is 24.8 Å². The number of ether oxygens (including phenoxy) is 2. The molecule has 0 saturated carbocycles. The number of hydrogen-bond donors (Lipinski definition) is 0. The molecule has 0 aliphatic rings. The van der Waals surface area contributed by atoms with Crippen molar-refractivity contribution in [2.24, 2.45) is 0 Å². The SMILES string of the molecule is C[C@H](Oc1ncc(-c2ccc3nnc(COC(F)F)n3n2)cc1F)C(F)(F)F. The minimum Gasteiger partial charge on any atom is -0.463 e. The minimum atomic E-state index is -4.68. The molecule has 3 rings (SSSR count). The highest BCUT2D eigenvalue weighted by molar-refractivity contribution is 5.59. The number of pyridine rings is 1. The molecule has 0 N–H and O–H groups in total. The summed E-state index contributed by atoms with van der Waals surface area (Å²) in [5, 5.41) is 11.5. The molecule has 0 fully saturated rings. The number of halogens is 6. The molecule has 13 heteroatoms. The van der Waals surface area contributed by atoms with Gasteiger partial charge in [0.05, 0.1) is 5.69 Å². The molecule has 7 nitrogen and oxygen atoms in total. The highest BCUT2D eigenvalue weighted by Crippen LogP contribution is 2.27. The molecule has 0 aromatic carbocycles. The van der Waals surface area contributed by atoms with Gasteiger partial charge in [-0.1, -0.05) is 0 Å². The molecule has 1 atom stereocenters. The zero-order chi connectivity index (χ0) is 20.5. The standard InChI is InChI=1S/C15H11F6N5O2/c1-7(15(19,20)21)28-13-9(16)4-8(5-22-13)10-2-3-11-23-24-12(26(11)25-10)6-27-14(17)18/h2-5,7,14H,6H2,1H3/t7-/m0/s1.